The minimum atomic E-state index is -0.640. The molecule has 16 heavy (non-hydrogen) atoms. The molecule has 0 fully saturated rings. The molecular weight excluding hydrogens is 206 g/mol. The first-order chi connectivity index (χ1) is 7.54. The second-order valence-corrected chi connectivity index (χ2v) is 3.58. The van der Waals surface area contributed by atoms with Gasteiger partial charge in [-0.2, -0.15) is 0 Å². The zero-order chi connectivity index (χ0) is 12.1. The highest BCUT2D eigenvalue weighted by Gasteiger charge is 2.16. The van der Waals surface area contributed by atoms with Gasteiger partial charge in [-0.15, -0.1) is 0 Å². The first-order valence-electron chi connectivity index (χ1n) is 5.00. The molecule has 0 aliphatic rings. The highest BCUT2D eigenvalue weighted by atomic mass is 16.5. The van der Waals surface area contributed by atoms with Crippen molar-refractivity contribution < 1.29 is 14.3 Å². The molecule has 0 aliphatic heterocycles. The highest BCUT2D eigenvalue weighted by molar-refractivity contribution is 5.96. The molecule has 1 amide bonds. The van der Waals surface area contributed by atoms with E-state index in [9.17, 15) is 9.59 Å². The van der Waals surface area contributed by atoms with Gasteiger partial charge in [0.2, 0.25) is 0 Å². The molecule has 0 radical (unpaired) electrons. The lowest BCUT2D eigenvalue weighted by Crippen LogP contribution is -2.39. The molecule has 1 aromatic carbocycles. The van der Waals surface area contributed by atoms with Crippen molar-refractivity contribution in [2.75, 3.05) is 7.11 Å². The van der Waals surface area contributed by atoms with Crippen LogP contribution in [0.3, 0.4) is 0 Å². The monoisotopic (exact) mass is 221 g/mol. The number of rotatable bonds is 3. The SMILES string of the molecule is COC(=O)[C@@H](C)NC(=O)c1ccc(C)cc1. The van der Waals surface area contributed by atoms with Crippen molar-refractivity contribution in [3.05, 3.63) is 35.4 Å². The zero-order valence-corrected chi connectivity index (χ0v) is 9.61. The van der Waals surface area contributed by atoms with Gasteiger partial charge in [-0.3, -0.25) is 4.79 Å². The van der Waals surface area contributed by atoms with Crippen LogP contribution < -0.4 is 5.32 Å². The summed E-state index contributed by atoms with van der Waals surface area (Å²) in [6.45, 7) is 3.52. The second kappa shape index (κ2) is 5.30. The van der Waals surface area contributed by atoms with Crippen molar-refractivity contribution >= 4 is 11.9 Å². The fourth-order valence-electron chi connectivity index (χ4n) is 1.22. The molecule has 0 unspecified atom stereocenters. The number of nitrogens with one attached hydrogen (secondary N) is 1. The second-order valence-electron chi connectivity index (χ2n) is 3.58. The lowest BCUT2D eigenvalue weighted by Gasteiger charge is -2.11. The third kappa shape index (κ3) is 3.08. The molecule has 4 heteroatoms. The number of benzene rings is 1. The molecule has 0 saturated carbocycles. The van der Waals surface area contributed by atoms with Gasteiger partial charge >= 0.3 is 5.97 Å². The van der Waals surface area contributed by atoms with Crippen LogP contribution in [-0.2, 0) is 9.53 Å². The number of carbonyl (C=O) groups is 2. The molecule has 1 atom stereocenters. The van der Waals surface area contributed by atoms with Gasteiger partial charge in [-0.05, 0) is 26.0 Å². The Morgan fingerprint density at radius 3 is 2.31 bits per heavy atom. The van der Waals surface area contributed by atoms with Crippen molar-refractivity contribution in [2.24, 2.45) is 0 Å². The molecule has 0 bridgehead atoms. The Hall–Kier alpha value is -1.84. The van der Waals surface area contributed by atoms with E-state index < -0.39 is 12.0 Å². The third-order valence-corrected chi connectivity index (χ3v) is 2.22. The summed E-state index contributed by atoms with van der Waals surface area (Å²) in [4.78, 5) is 22.8. The summed E-state index contributed by atoms with van der Waals surface area (Å²) in [5, 5.41) is 2.55. The van der Waals surface area contributed by atoms with Gasteiger partial charge in [0.25, 0.3) is 5.91 Å². The van der Waals surface area contributed by atoms with Crippen LogP contribution >= 0.6 is 0 Å². The average Bonchev–Trinajstić information content (AvgIpc) is 2.28. The number of hydrogen-bond acceptors (Lipinski definition) is 3. The first-order valence-corrected chi connectivity index (χ1v) is 5.00. The van der Waals surface area contributed by atoms with E-state index in [1.807, 2.05) is 19.1 Å². The maximum Gasteiger partial charge on any atom is 0.328 e. The first kappa shape index (κ1) is 12.2. The third-order valence-electron chi connectivity index (χ3n) is 2.22. The Morgan fingerprint density at radius 2 is 1.81 bits per heavy atom. The Labute approximate surface area is 94.6 Å². The predicted octanol–water partition coefficient (Wildman–Crippen LogP) is 1.29. The van der Waals surface area contributed by atoms with E-state index in [1.54, 1.807) is 19.1 Å². The quantitative estimate of drug-likeness (QED) is 0.782. The van der Waals surface area contributed by atoms with Crippen molar-refractivity contribution in [3.63, 3.8) is 0 Å². The topological polar surface area (TPSA) is 55.4 Å². The Kier molecular flexibility index (Phi) is 4.05. The molecule has 4 nitrogen and oxygen atoms in total. The maximum absolute atomic E-state index is 11.7. The summed E-state index contributed by atoms with van der Waals surface area (Å²) in [5.74, 6) is -0.738. The Bertz CT molecular complexity index is 384. The van der Waals surface area contributed by atoms with E-state index in [2.05, 4.69) is 10.1 Å². The molecule has 1 rings (SSSR count). The summed E-state index contributed by atoms with van der Waals surface area (Å²) in [6.07, 6.45) is 0. The standard InChI is InChI=1S/C12H15NO3/c1-8-4-6-10(7-5-8)11(14)13-9(2)12(15)16-3/h4-7,9H,1-3H3,(H,13,14)/t9-/m1/s1. The van der Waals surface area contributed by atoms with E-state index in [0.29, 0.717) is 5.56 Å². The van der Waals surface area contributed by atoms with Crippen LogP contribution in [0.25, 0.3) is 0 Å². The van der Waals surface area contributed by atoms with Gasteiger partial charge in [0.1, 0.15) is 6.04 Å². The van der Waals surface area contributed by atoms with Crippen LogP contribution in [0.5, 0.6) is 0 Å². The van der Waals surface area contributed by atoms with Crippen LogP contribution in [0.1, 0.15) is 22.8 Å². The molecule has 0 heterocycles. The predicted molar refractivity (Wildman–Crippen MR) is 60.1 cm³/mol. The minimum absolute atomic E-state index is 0.280. The number of esters is 1. The number of methoxy groups -OCH3 is 1. The van der Waals surface area contributed by atoms with Crippen LogP contribution in [0.4, 0.5) is 0 Å². The van der Waals surface area contributed by atoms with Gasteiger partial charge in [0.15, 0.2) is 0 Å². The van der Waals surface area contributed by atoms with Crippen LogP contribution in [0, 0.1) is 6.92 Å². The van der Waals surface area contributed by atoms with Gasteiger partial charge in [0, 0.05) is 5.56 Å². The lowest BCUT2D eigenvalue weighted by atomic mass is 10.1. The van der Waals surface area contributed by atoms with Gasteiger partial charge in [-0.25, -0.2) is 4.79 Å². The molecule has 0 aliphatic carbocycles. The van der Waals surface area contributed by atoms with Crippen molar-refractivity contribution in [1.82, 2.24) is 5.32 Å². The fourth-order valence-corrected chi connectivity index (χ4v) is 1.22. The highest BCUT2D eigenvalue weighted by Crippen LogP contribution is 2.03. The van der Waals surface area contributed by atoms with E-state index >= 15 is 0 Å². The van der Waals surface area contributed by atoms with Crippen molar-refractivity contribution in [1.29, 1.82) is 0 Å². The summed E-state index contributed by atoms with van der Waals surface area (Å²) in [7, 11) is 1.29. The largest absolute Gasteiger partial charge is 0.467 e. The Balaban J connectivity index is 2.65. The molecule has 0 spiro atoms. The molecule has 0 aromatic heterocycles. The van der Waals surface area contributed by atoms with Gasteiger partial charge < -0.3 is 10.1 Å². The summed E-state index contributed by atoms with van der Waals surface area (Å²) >= 11 is 0. The van der Waals surface area contributed by atoms with E-state index in [4.69, 9.17) is 0 Å². The molecule has 0 saturated heterocycles. The number of ether oxygens (including phenoxy) is 1. The molecule has 1 N–H and O–H groups in total. The van der Waals surface area contributed by atoms with E-state index in [1.165, 1.54) is 7.11 Å². The van der Waals surface area contributed by atoms with Crippen LogP contribution in [0.15, 0.2) is 24.3 Å². The van der Waals surface area contributed by atoms with Gasteiger partial charge in [-0.1, -0.05) is 17.7 Å². The number of aryl methyl sites for hydroxylation is 1. The summed E-state index contributed by atoms with van der Waals surface area (Å²) in [6, 6.07) is 6.48. The maximum atomic E-state index is 11.7. The smallest absolute Gasteiger partial charge is 0.328 e. The molecule has 86 valence electrons. The normalized spacial score (nSPS) is 11.7. The number of amides is 1. The molecular formula is C12H15NO3. The average molecular weight is 221 g/mol. The number of hydrogen-bond donors (Lipinski definition) is 1. The Morgan fingerprint density at radius 1 is 1.25 bits per heavy atom. The fraction of sp³-hybridized carbons (Fsp3) is 0.333. The zero-order valence-electron chi connectivity index (χ0n) is 9.61. The summed E-state index contributed by atoms with van der Waals surface area (Å²) < 4.78 is 4.51. The van der Waals surface area contributed by atoms with Crippen molar-refractivity contribution in [2.45, 2.75) is 19.9 Å². The van der Waals surface area contributed by atoms with Crippen molar-refractivity contribution in [3.8, 4) is 0 Å². The minimum Gasteiger partial charge on any atom is -0.467 e. The van der Waals surface area contributed by atoms with E-state index in [-0.39, 0.29) is 5.91 Å². The molecule has 1 aromatic rings. The lowest BCUT2D eigenvalue weighted by molar-refractivity contribution is -0.142. The number of carbonyl (C=O) groups excluding carboxylic acids is 2. The van der Waals surface area contributed by atoms with Gasteiger partial charge in [0.05, 0.1) is 7.11 Å². The van der Waals surface area contributed by atoms with Crippen LogP contribution in [0.2, 0.25) is 0 Å². The van der Waals surface area contributed by atoms with Crippen LogP contribution in [-0.4, -0.2) is 25.0 Å². The van der Waals surface area contributed by atoms with E-state index in [0.717, 1.165) is 5.56 Å². The summed E-state index contributed by atoms with van der Waals surface area (Å²) in [5.41, 5.74) is 1.61.